The maximum absolute atomic E-state index is 13.9. The van der Waals surface area contributed by atoms with Crippen LogP contribution >= 0.6 is 15.9 Å². The molecule has 0 bridgehead atoms. The quantitative estimate of drug-likeness (QED) is 0.336. The number of anilines is 1. The fraction of sp³-hybridized carbons (Fsp3) is 0.588. The Kier molecular flexibility index (Phi) is 7.18. The highest BCUT2D eigenvalue weighted by Crippen LogP contribution is 2.36. The van der Waals surface area contributed by atoms with Gasteiger partial charge in [0.05, 0.1) is 11.0 Å². The third-order valence-corrected chi connectivity index (χ3v) is 5.15. The predicted octanol–water partition coefficient (Wildman–Crippen LogP) is 0.442. The summed E-state index contributed by atoms with van der Waals surface area (Å²) in [6, 6.07) is 0. The fourth-order valence-electron chi connectivity index (χ4n) is 2.74. The normalized spacial score (nSPS) is 23.7. The van der Waals surface area contributed by atoms with Crippen molar-refractivity contribution in [2.24, 2.45) is 0 Å². The van der Waals surface area contributed by atoms with Crippen molar-refractivity contribution in [1.29, 1.82) is 0 Å². The molecule has 2 N–H and O–H groups in total. The van der Waals surface area contributed by atoms with E-state index in [9.17, 15) is 23.6 Å². The third-order valence-electron chi connectivity index (χ3n) is 4.04. The summed E-state index contributed by atoms with van der Waals surface area (Å²) in [5, 5.41) is 0. The van der Waals surface area contributed by atoms with Gasteiger partial charge in [-0.2, -0.15) is 4.98 Å². The molecule has 1 aromatic rings. The smallest absolute Gasteiger partial charge is 0.351 e. The molecule has 2 heterocycles. The number of hydrogen-bond acceptors (Lipinski definition) is 10. The van der Waals surface area contributed by atoms with Gasteiger partial charge in [-0.1, -0.05) is 15.9 Å². The van der Waals surface area contributed by atoms with Crippen molar-refractivity contribution in [1.82, 2.24) is 9.55 Å². The third kappa shape index (κ3) is 5.33. The Balaban J connectivity index is 2.22. The number of esters is 3. The first-order valence-electron chi connectivity index (χ1n) is 8.71. The zero-order chi connectivity index (χ0) is 22.8. The van der Waals surface area contributed by atoms with Gasteiger partial charge in [0.25, 0.3) is 0 Å². The Labute approximate surface area is 178 Å². The van der Waals surface area contributed by atoms with Gasteiger partial charge >= 0.3 is 23.6 Å². The molecule has 0 aromatic carbocycles. The summed E-state index contributed by atoms with van der Waals surface area (Å²) in [5.74, 6) is -3.75. The predicted molar refractivity (Wildman–Crippen MR) is 102 cm³/mol. The topological polar surface area (TPSA) is 149 Å². The van der Waals surface area contributed by atoms with Crippen molar-refractivity contribution in [2.75, 3.05) is 12.3 Å². The Hall–Kier alpha value is -2.54. The lowest BCUT2D eigenvalue weighted by atomic mass is 10.1. The first-order chi connectivity index (χ1) is 13.8. The van der Waals surface area contributed by atoms with Crippen LogP contribution in [0.25, 0.3) is 0 Å². The van der Waals surface area contributed by atoms with Crippen LogP contribution in [0, 0.1) is 5.82 Å². The van der Waals surface area contributed by atoms with Crippen molar-refractivity contribution >= 4 is 39.7 Å². The van der Waals surface area contributed by atoms with Crippen LogP contribution in [-0.2, 0) is 33.3 Å². The monoisotopic (exact) mass is 493 g/mol. The molecule has 1 aromatic heterocycles. The summed E-state index contributed by atoms with van der Waals surface area (Å²) < 4.78 is 35.6. The van der Waals surface area contributed by atoms with E-state index in [0.717, 1.165) is 24.6 Å². The Morgan fingerprint density at radius 2 is 1.97 bits per heavy atom. The molecule has 0 saturated carbocycles. The van der Waals surface area contributed by atoms with Crippen LogP contribution < -0.4 is 11.4 Å². The van der Waals surface area contributed by atoms with Crippen LogP contribution in [0.1, 0.15) is 33.9 Å². The van der Waals surface area contributed by atoms with E-state index in [4.69, 9.17) is 24.7 Å². The highest BCUT2D eigenvalue weighted by atomic mass is 79.9. The molecule has 1 aliphatic heterocycles. The van der Waals surface area contributed by atoms with E-state index in [1.165, 1.54) is 13.8 Å². The first-order valence-corrected chi connectivity index (χ1v) is 9.62. The SMILES string of the molecule is CC(=O)OC1C(Br)C(COC(=O)C(C)(C)OC(C)=O)OC1n1cc(F)c(N)nc1=O. The second kappa shape index (κ2) is 9.08. The van der Waals surface area contributed by atoms with Crippen LogP contribution in [0.15, 0.2) is 11.0 Å². The Morgan fingerprint density at radius 3 is 2.53 bits per heavy atom. The lowest BCUT2D eigenvalue weighted by Gasteiger charge is -2.23. The first kappa shape index (κ1) is 23.7. The average Bonchev–Trinajstić information content (AvgIpc) is 2.90. The molecule has 0 aliphatic carbocycles. The minimum atomic E-state index is -1.54. The van der Waals surface area contributed by atoms with Gasteiger partial charge in [-0.25, -0.2) is 14.0 Å². The molecular weight excluding hydrogens is 473 g/mol. The number of nitrogens with two attached hydrogens (primary N) is 1. The number of rotatable bonds is 6. The van der Waals surface area contributed by atoms with Crippen molar-refractivity contribution in [3.8, 4) is 0 Å². The number of alkyl halides is 1. The lowest BCUT2D eigenvalue weighted by molar-refractivity contribution is -0.180. The van der Waals surface area contributed by atoms with Gasteiger partial charge in [-0.3, -0.25) is 14.2 Å². The molecule has 11 nitrogen and oxygen atoms in total. The van der Waals surface area contributed by atoms with Crippen molar-refractivity contribution in [3.05, 3.63) is 22.5 Å². The molecule has 0 spiro atoms. The fourth-order valence-corrected chi connectivity index (χ4v) is 3.39. The number of nitrogens with zero attached hydrogens (tertiary/aromatic N) is 2. The lowest BCUT2D eigenvalue weighted by Crippen LogP contribution is -2.40. The van der Waals surface area contributed by atoms with E-state index >= 15 is 0 Å². The number of hydrogen-bond donors (Lipinski definition) is 1. The van der Waals surface area contributed by atoms with E-state index in [-0.39, 0.29) is 6.61 Å². The summed E-state index contributed by atoms with van der Waals surface area (Å²) >= 11 is 3.30. The molecule has 13 heteroatoms. The van der Waals surface area contributed by atoms with E-state index < -0.39 is 64.1 Å². The summed E-state index contributed by atoms with van der Waals surface area (Å²) in [4.78, 5) is 49.6. The number of halogens is 2. The molecule has 30 heavy (non-hydrogen) atoms. The summed E-state index contributed by atoms with van der Waals surface area (Å²) in [6.07, 6.45) is -2.46. The van der Waals surface area contributed by atoms with Crippen LogP contribution in [0.3, 0.4) is 0 Å². The van der Waals surface area contributed by atoms with Gasteiger partial charge in [0, 0.05) is 13.8 Å². The molecule has 1 aliphatic rings. The summed E-state index contributed by atoms with van der Waals surface area (Å²) in [6.45, 7) is 4.66. The second-order valence-corrected chi connectivity index (χ2v) is 8.01. The van der Waals surface area contributed by atoms with Gasteiger partial charge in [0.1, 0.15) is 12.7 Å². The van der Waals surface area contributed by atoms with Crippen LogP contribution in [0.2, 0.25) is 0 Å². The number of carbonyl (C=O) groups excluding carboxylic acids is 3. The molecule has 2 rings (SSSR count). The molecule has 0 amide bonds. The highest BCUT2D eigenvalue weighted by molar-refractivity contribution is 9.09. The highest BCUT2D eigenvalue weighted by Gasteiger charge is 2.48. The number of ether oxygens (including phenoxy) is 4. The molecule has 0 radical (unpaired) electrons. The molecule has 166 valence electrons. The average molecular weight is 494 g/mol. The van der Waals surface area contributed by atoms with Gasteiger partial charge in [0.2, 0.25) is 5.60 Å². The minimum Gasteiger partial charge on any atom is -0.460 e. The largest absolute Gasteiger partial charge is 0.460 e. The van der Waals surface area contributed by atoms with E-state index in [1.54, 1.807) is 0 Å². The summed E-state index contributed by atoms with van der Waals surface area (Å²) in [5.41, 5.74) is 2.82. The number of aromatic nitrogens is 2. The number of carbonyl (C=O) groups is 3. The van der Waals surface area contributed by atoms with Crippen LogP contribution in [0.4, 0.5) is 10.2 Å². The zero-order valence-corrected chi connectivity index (χ0v) is 18.2. The maximum atomic E-state index is 13.9. The molecular formula is C17H21BrFN3O8. The molecule has 4 unspecified atom stereocenters. The van der Waals surface area contributed by atoms with Crippen molar-refractivity contribution in [3.63, 3.8) is 0 Å². The Morgan fingerprint density at radius 1 is 1.33 bits per heavy atom. The van der Waals surface area contributed by atoms with Crippen LogP contribution in [-0.4, -0.2) is 56.7 Å². The van der Waals surface area contributed by atoms with E-state index in [2.05, 4.69) is 20.9 Å². The summed E-state index contributed by atoms with van der Waals surface area (Å²) in [7, 11) is 0. The maximum Gasteiger partial charge on any atom is 0.351 e. The molecule has 1 saturated heterocycles. The van der Waals surface area contributed by atoms with Gasteiger partial charge in [-0.05, 0) is 13.8 Å². The van der Waals surface area contributed by atoms with Crippen molar-refractivity contribution in [2.45, 2.75) is 56.6 Å². The van der Waals surface area contributed by atoms with Crippen LogP contribution in [0.5, 0.6) is 0 Å². The zero-order valence-electron chi connectivity index (χ0n) is 16.6. The molecule has 4 atom stereocenters. The van der Waals surface area contributed by atoms with E-state index in [1.807, 2.05) is 0 Å². The van der Waals surface area contributed by atoms with Gasteiger partial charge in [0.15, 0.2) is 24.0 Å². The minimum absolute atomic E-state index is 0.340. The van der Waals surface area contributed by atoms with Gasteiger partial charge < -0.3 is 24.7 Å². The second-order valence-electron chi connectivity index (χ2n) is 6.95. The van der Waals surface area contributed by atoms with Gasteiger partial charge in [-0.15, -0.1) is 0 Å². The molecule has 1 fully saturated rings. The van der Waals surface area contributed by atoms with Crippen molar-refractivity contribution < 1.29 is 37.7 Å². The van der Waals surface area contributed by atoms with E-state index in [0.29, 0.717) is 0 Å². The standard InChI is InChI=1S/C17H21BrFN3O8/c1-7(23)28-12-11(18)10(6-27-15(25)17(3,4)30-8(2)24)29-14(12)22-5-9(19)13(20)21-16(22)26/h5,10-12,14H,6H2,1-4H3,(H2,20,21,26). The number of nitrogen functional groups attached to an aromatic ring is 1. The Bertz CT molecular complexity index is 905.